The number of piperazine rings is 1. The lowest BCUT2D eigenvalue weighted by atomic mass is 10.1. The maximum atomic E-state index is 12.5. The molecule has 1 saturated heterocycles. The zero-order valence-electron chi connectivity index (χ0n) is 16.7. The van der Waals surface area contributed by atoms with Crippen molar-refractivity contribution < 1.29 is 9.59 Å². The van der Waals surface area contributed by atoms with Gasteiger partial charge in [0.15, 0.2) is 0 Å². The van der Waals surface area contributed by atoms with Crippen LogP contribution in [-0.2, 0) is 23.2 Å². The van der Waals surface area contributed by atoms with E-state index in [1.165, 1.54) is 0 Å². The number of carbonyl (C=O) groups excluding carboxylic acids is 2. The van der Waals surface area contributed by atoms with Gasteiger partial charge >= 0.3 is 0 Å². The molecule has 0 atom stereocenters. The van der Waals surface area contributed by atoms with Gasteiger partial charge in [-0.1, -0.05) is 0 Å². The van der Waals surface area contributed by atoms with Gasteiger partial charge in [-0.05, 0) is 27.8 Å². The van der Waals surface area contributed by atoms with Crippen molar-refractivity contribution in [2.45, 2.75) is 32.9 Å². The monoisotopic (exact) mass is 364 g/mol. The topological polar surface area (TPSA) is 73.7 Å². The molecule has 0 aliphatic carbocycles. The summed E-state index contributed by atoms with van der Waals surface area (Å²) in [5, 5.41) is 7.13. The van der Waals surface area contributed by atoms with Crippen LogP contribution in [0.4, 0.5) is 0 Å². The van der Waals surface area contributed by atoms with E-state index >= 15 is 0 Å². The van der Waals surface area contributed by atoms with Gasteiger partial charge in [-0.3, -0.25) is 24.1 Å². The number of nitrogens with zero attached hydrogens (tertiary/aromatic N) is 5. The molecule has 1 aromatic rings. The summed E-state index contributed by atoms with van der Waals surface area (Å²) in [6.07, 6.45) is 3.78. The summed E-state index contributed by atoms with van der Waals surface area (Å²) in [7, 11) is 3.83. The molecule has 2 rings (SSSR count). The van der Waals surface area contributed by atoms with Gasteiger partial charge in [0.1, 0.15) is 0 Å². The molecule has 0 bridgehead atoms. The van der Waals surface area contributed by atoms with E-state index in [4.69, 9.17) is 0 Å². The summed E-state index contributed by atoms with van der Waals surface area (Å²) in [5.41, 5.74) is 0.880. The van der Waals surface area contributed by atoms with E-state index in [-0.39, 0.29) is 17.4 Å². The molecule has 0 radical (unpaired) electrons. The lowest BCUT2D eigenvalue weighted by molar-refractivity contribution is -0.134. The number of amides is 2. The van der Waals surface area contributed by atoms with Gasteiger partial charge in [-0.25, -0.2) is 0 Å². The minimum Gasteiger partial charge on any atom is -0.350 e. The Morgan fingerprint density at radius 2 is 1.88 bits per heavy atom. The average molecular weight is 364 g/mol. The Labute approximate surface area is 156 Å². The molecule has 1 aliphatic rings. The molecule has 1 aliphatic heterocycles. The Kier molecular flexibility index (Phi) is 6.77. The quantitative estimate of drug-likeness (QED) is 0.764. The molecule has 0 saturated carbocycles. The molecular weight excluding hydrogens is 332 g/mol. The van der Waals surface area contributed by atoms with Crippen LogP contribution in [0.25, 0.3) is 0 Å². The van der Waals surface area contributed by atoms with Crippen molar-refractivity contribution in [3.63, 3.8) is 0 Å². The van der Waals surface area contributed by atoms with Gasteiger partial charge in [-0.2, -0.15) is 5.10 Å². The van der Waals surface area contributed by atoms with Crippen LogP contribution in [0.3, 0.4) is 0 Å². The van der Waals surface area contributed by atoms with E-state index < -0.39 is 0 Å². The Morgan fingerprint density at radius 1 is 1.23 bits per heavy atom. The highest BCUT2D eigenvalue weighted by Crippen LogP contribution is 2.06. The Bertz CT molecular complexity index is 613. The number of hydrogen-bond donors (Lipinski definition) is 1. The lowest BCUT2D eigenvalue weighted by Gasteiger charge is -2.35. The third-order valence-electron chi connectivity index (χ3n) is 4.22. The summed E-state index contributed by atoms with van der Waals surface area (Å²) < 4.78 is 1.76. The van der Waals surface area contributed by atoms with Crippen LogP contribution in [0.2, 0.25) is 0 Å². The van der Waals surface area contributed by atoms with Crippen LogP contribution in [0.15, 0.2) is 12.4 Å². The van der Waals surface area contributed by atoms with E-state index in [0.717, 1.165) is 18.7 Å². The summed E-state index contributed by atoms with van der Waals surface area (Å²) >= 11 is 0. The number of carbonyl (C=O) groups is 2. The van der Waals surface area contributed by atoms with E-state index in [9.17, 15) is 9.59 Å². The third-order valence-corrected chi connectivity index (χ3v) is 4.22. The largest absolute Gasteiger partial charge is 0.350 e. The number of aryl methyl sites for hydroxylation is 1. The fourth-order valence-electron chi connectivity index (χ4n) is 3.07. The first-order valence-electron chi connectivity index (χ1n) is 9.09. The molecule has 1 aromatic heterocycles. The maximum Gasteiger partial charge on any atom is 0.236 e. The van der Waals surface area contributed by atoms with Crippen molar-refractivity contribution in [3.8, 4) is 0 Å². The highest BCUT2D eigenvalue weighted by molar-refractivity contribution is 5.79. The van der Waals surface area contributed by atoms with Crippen LogP contribution in [0, 0.1) is 0 Å². The molecule has 0 aromatic carbocycles. The highest BCUT2D eigenvalue weighted by atomic mass is 16.2. The van der Waals surface area contributed by atoms with Crippen molar-refractivity contribution in [1.82, 2.24) is 29.8 Å². The molecule has 8 heteroatoms. The lowest BCUT2D eigenvalue weighted by Crippen LogP contribution is -2.54. The first kappa shape index (κ1) is 20.4. The van der Waals surface area contributed by atoms with Crippen molar-refractivity contribution in [1.29, 1.82) is 0 Å². The van der Waals surface area contributed by atoms with Gasteiger partial charge in [0, 0.05) is 57.1 Å². The van der Waals surface area contributed by atoms with Gasteiger partial charge in [0.25, 0.3) is 0 Å². The zero-order chi connectivity index (χ0) is 19.3. The molecule has 146 valence electrons. The SMILES string of the molecule is CN(CC(=O)N1CCN(CC(=O)NC(C)(C)C)CC1)Cc1cnn(C)c1. The van der Waals surface area contributed by atoms with E-state index in [2.05, 4.69) is 15.3 Å². The summed E-state index contributed by atoms with van der Waals surface area (Å²) in [6, 6.07) is 0. The summed E-state index contributed by atoms with van der Waals surface area (Å²) in [6.45, 7) is 10.2. The molecular formula is C18H32N6O2. The number of hydrogen-bond acceptors (Lipinski definition) is 5. The van der Waals surface area contributed by atoms with Gasteiger partial charge < -0.3 is 10.2 Å². The van der Waals surface area contributed by atoms with E-state index in [1.54, 1.807) is 4.68 Å². The van der Waals surface area contributed by atoms with Crippen molar-refractivity contribution >= 4 is 11.8 Å². The Morgan fingerprint density at radius 3 is 2.42 bits per heavy atom. The smallest absolute Gasteiger partial charge is 0.236 e. The first-order valence-corrected chi connectivity index (χ1v) is 9.09. The second-order valence-corrected chi connectivity index (χ2v) is 8.15. The fourth-order valence-corrected chi connectivity index (χ4v) is 3.07. The summed E-state index contributed by atoms with van der Waals surface area (Å²) in [5.74, 6) is 0.170. The number of likely N-dealkylation sites (N-methyl/N-ethyl adjacent to an activating group) is 1. The molecule has 8 nitrogen and oxygen atoms in total. The van der Waals surface area contributed by atoms with Gasteiger partial charge in [-0.15, -0.1) is 0 Å². The molecule has 1 N–H and O–H groups in total. The molecule has 2 heterocycles. The molecule has 0 spiro atoms. The van der Waals surface area contributed by atoms with E-state index in [0.29, 0.717) is 32.7 Å². The minimum absolute atomic E-state index is 0.0356. The van der Waals surface area contributed by atoms with E-state index in [1.807, 2.05) is 57.1 Å². The van der Waals surface area contributed by atoms with Crippen molar-refractivity contribution in [3.05, 3.63) is 18.0 Å². The average Bonchev–Trinajstić information content (AvgIpc) is 2.90. The standard InChI is InChI=1S/C18H32N6O2/c1-18(2,3)20-16(25)13-23-6-8-24(9-7-23)17(26)14-21(4)11-15-10-19-22(5)12-15/h10,12H,6-9,11,13-14H2,1-5H3,(H,20,25). The molecule has 2 amide bonds. The number of aromatic nitrogens is 2. The highest BCUT2D eigenvalue weighted by Gasteiger charge is 2.24. The minimum atomic E-state index is -0.215. The second-order valence-electron chi connectivity index (χ2n) is 8.15. The molecule has 0 unspecified atom stereocenters. The van der Waals surface area contributed by atoms with Crippen molar-refractivity contribution in [2.24, 2.45) is 7.05 Å². The zero-order valence-corrected chi connectivity index (χ0v) is 16.7. The van der Waals surface area contributed by atoms with Crippen LogP contribution in [-0.4, -0.2) is 88.1 Å². The molecule has 26 heavy (non-hydrogen) atoms. The predicted molar refractivity (Wildman–Crippen MR) is 100 cm³/mol. The maximum absolute atomic E-state index is 12.5. The van der Waals surface area contributed by atoms with Crippen LogP contribution >= 0.6 is 0 Å². The number of rotatable bonds is 6. The normalized spacial score (nSPS) is 16.2. The number of nitrogens with one attached hydrogen (secondary N) is 1. The second kappa shape index (κ2) is 8.64. The molecule has 1 fully saturated rings. The van der Waals surface area contributed by atoms with Crippen LogP contribution in [0.5, 0.6) is 0 Å². The first-order chi connectivity index (χ1) is 12.1. The predicted octanol–water partition coefficient (Wildman–Crippen LogP) is -0.0892. The van der Waals surface area contributed by atoms with Crippen LogP contribution in [0.1, 0.15) is 26.3 Å². The fraction of sp³-hybridized carbons (Fsp3) is 0.722. The Hall–Kier alpha value is -1.93. The Balaban J connectivity index is 1.71. The van der Waals surface area contributed by atoms with Gasteiger partial charge in [0.2, 0.25) is 11.8 Å². The summed E-state index contributed by atoms with van der Waals surface area (Å²) in [4.78, 5) is 30.5. The van der Waals surface area contributed by atoms with Crippen LogP contribution < -0.4 is 5.32 Å². The van der Waals surface area contributed by atoms with Gasteiger partial charge in [0.05, 0.1) is 19.3 Å². The third kappa shape index (κ3) is 6.76. The van der Waals surface area contributed by atoms with Crippen molar-refractivity contribution in [2.75, 3.05) is 46.3 Å².